The molecule has 0 bridgehead atoms. The molecule has 3 heterocycles. The highest BCUT2D eigenvalue weighted by molar-refractivity contribution is 5.91. The molecular weight excluding hydrogens is 542 g/mol. The lowest BCUT2D eigenvalue weighted by Gasteiger charge is -2.22. The highest BCUT2D eigenvalue weighted by Crippen LogP contribution is 2.31. The van der Waals surface area contributed by atoms with Crippen molar-refractivity contribution in [3.8, 4) is 22.8 Å². The molecule has 2 aromatic heterocycles. The van der Waals surface area contributed by atoms with Gasteiger partial charge in [-0.2, -0.15) is 5.10 Å². The maximum Gasteiger partial charge on any atom is 0.320 e. The number of hydrogen-bond acceptors (Lipinski definition) is 6. The first-order chi connectivity index (χ1) is 20.2. The van der Waals surface area contributed by atoms with Crippen LogP contribution in [-0.4, -0.2) is 59.7 Å². The number of amides is 2. The van der Waals surface area contributed by atoms with Gasteiger partial charge >= 0.3 is 6.03 Å². The molecule has 1 fully saturated rings. The second-order valence-electron chi connectivity index (χ2n) is 10.0. The molecule has 3 N–H and O–H groups in total. The molecule has 9 nitrogen and oxygen atoms in total. The number of aromatic nitrogens is 3. The van der Waals surface area contributed by atoms with Crippen LogP contribution in [0.5, 0.6) is 5.88 Å². The summed E-state index contributed by atoms with van der Waals surface area (Å²) in [5, 5.41) is 14.3. The Kier molecular flexibility index (Phi) is 10.2. The molecule has 11 heteroatoms. The molecule has 0 aliphatic carbocycles. The smallest absolute Gasteiger partial charge is 0.320 e. The predicted molar refractivity (Wildman–Crippen MR) is 159 cm³/mol. The lowest BCUT2D eigenvalue weighted by atomic mass is 10.0. The Morgan fingerprint density at radius 2 is 1.95 bits per heavy atom. The van der Waals surface area contributed by atoms with E-state index in [0.717, 1.165) is 29.8 Å². The first kappa shape index (κ1) is 30.6. The number of ether oxygens (including phenoxy) is 2. The van der Waals surface area contributed by atoms with Crippen molar-refractivity contribution in [2.75, 3.05) is 26.1 Å². The van der Waals surface area contributed by atoms with Gasteiger partial charge in [-0.25, -0.2) is 23.2 Å². The summed E-state index contributed by atoms with van der Waals surface area (Å²) in [6, 6.07) is 11.9. The first-order valence-electron chi connectivity index (χ1n) is 13.6. The molecule has 2 amide bonds. The number of nitrogens with zero attached hydrogens (tertiary/aromatic N) is 3. The van der Waals surface area contributed by atoms with Crippen LogP contribution in [-0.2, 0) is 4.74 Å². The molecule has 4 rings (SSSR count). The average Bonchev–Trinajstić information content (AvgIpc) is 3.55. The fourth-order valence-electron chi connectivity index (χ4n) is 4.87. The second kappa shape index (κ2) is 14.0. The highest BCUT2D eigenvalue weighted by Gasteiger charge is 2.35. The third-order valence-electron chi connectivity index (χ3n) is 7.09. The molecule has 0 radical (unpaired) electrons. The van der Waals surface area contributed by atoms with Crippen molar-refractivity contribution in [3.63, 3.8) is 0 Å². The number of hydrogen-bond donors (Lipinski definition) is 3. The zero-order valence-corrected chi connectivity index (χ0v) is 24.2. The van der Waals surface area contributed by atoms with Crippen LogP contribution < -0.4 is 20.7 Å². The zero-order valence-electron chi connectivity index (χ0n) is 24.2. The summed E-state index contributed by atoms with van der Waals surface area (Å²) in [4.78, 5) is 17.8. The number of halogens is 2. The lowest BCUT2D eigenvalue weighted by molar-refractivity contribution is 0.185. The minimum absolute atomic E-state index is 0.0273. The fraction of sp³-hybridized carbons (Fsp3) is 0.323. The van der Waals surface area contributed by atoms with Crippen LogP contribution in [0.4, 0.5) is 19.4 Å². The van der Waals surface area contributed by atoms with Gasteiger partial charge in [-0.1, -0.05) is 30.9 Å². The van der Waals surface area contributed by atoms with E-state index in [0.29, 0.717) is 42.4 Å². The Labute approximate surface area is 244 Å². The summed E-state index contributed by atoms with van der Waals surface area (Å²) in [7, 11) is 3.17. The Bertz CT molecular complexity index is 1450. The Morgan fingerprint density at radius 3 is 2.60 bits per heavy atom. The van der Waals surface area contributed by atoms with Crippen molar-refractivity contribution >= 4 is 11.8 Å². The van der Waals surface area contributed by atoms with Crippen LogP contribution in [0.1, 0.15) is 25.3 Å². The number of urea groups is 1. The molecule has 1 aromatic carbocycles. The van der Waals surface area contributed by atoms with Gasteiger partial charge in [0, 0.05) is 43.1 Å². The number of pyridine rings is 1. The van der Waals surface area contributed by atoms with E-state index in [4.69, 9.17) is 14.6 Å². The molecular formula is C31H36F2N6O3. The summed E-state index contributed by atoms with van der Waals surface area (Å²) in [5.74, 6) is -0.914. The standard InChI is InChI=1S/C31H36F2N6O3/c1-19(11-13-25(33)21(3)32)28-26(17-23(35-28)15-16-41-4)36-31(40)37-30-20(2)29(22-12-14-27(42-5)34-18-22)38-39(30)24-9-7-6-8-10-24/h6-14,18,23,26,28,35H,1,15-17H2,2-5H3,(H2,36,37,40)/b13-11-,25-21-/t23-,26-,28+/m1/s1. The van der Waals surface area contributed by atoms with Crippen molar-refractivity contribution < 1.29 is 23.0 Å². The maximum atomic E-state index is 13.8. The summed E-state index contributed by atoms with van der Waals surface area (Å²) in [6.07, 6.45) is 5.43. The van der Waals surface area contributed by atoms with Crippen LogP contribution in [0.3, 0.4) is 0 Å². The number of rotatable bonds is 11. The number of nitrogens with one attached hydrogen (secondary N) is 3. The van der Waals surface area contributed by atoms with Gasteiger partial charge < -0.3 is 20.1 Å². The van der Waals surface area contributed by atoms with Gasteiger partial charge in [0.25, 0.3) is 0 Å². The minimum atomic E-state index is -0.972. The molecule has 42 heavy (non-hydrogen) atoms. The number of anilines is 1. The molecule has 0 spiro atoms. The highest BCUT2D eigenvalue weighted by atomic mass is 19.2. The second-order valence-corrected chi connectivity index (χ2v) is 10.0. The van der Waals surface area contributed by atoms with Gasteiger partial charge in [0.15, 0.2) is 5.83 Å². The van der Waals surface area contributed by atoms with Crippen LogP contribution in [0.25, 0.3) is 16.9 Å². The molecule has 1 aliphatic rings. The van der Waals surface area contributed by atoms with E-state index < -0.39 is 23.7 Å². The van der Waals surface area contributed by atoms with Gasteiger partial charge in [-0.05, 0) is 56.5 Å². The van der Waals surface area contributed by atoms with E-state index in [-0.39, 0.29) is 12.1 Å². The number of methoxy groups -OCH3 is 2. The van der Waals surface area contributed by atoms with E-state index >= 15 is 0 Å². The van der Waals surface area contributed by atoms with Gasteiger partial charge in [0.2, 0.25) is 5.88 Å². The summed E-state index contributed by atoms with van der Waals surface area (Å²) in [6.45, 7) is 7.50. The maximum absolute atomic E-state index is 13.8. The van der Waals surface area contributed by atoms with Crippen LogP contribution in [0, 0.1) is 6.92 Å². The van der Waals surface area contributed by atoms with Crippen LogP contribution in [0.15, 0.2) is 84.6 Å². The third-order valence-corrected chi connectivity index (χ3v) is 7.09. The van der Waals surface area contributed by atoms with Crippen molar-refractivity contribution in [1.29, 1.82) is 0 Å². The van der Waals surface area contributed by atoms with Crippen LogP contribution >= 0.6 is 0 Å². The Hall–Kier alpha value is -4.35. The first-order valence-corrected chi connectivity index (χ1v) is 13.6. The molecule has 1 aliphatic heterocycles. The monoisotopic (exact) mass is 578 g/mol. The van der Waals surface area contributed by atoms with Crippen molar-refractivity contribution in [1.82, 2.24) is 25.4 Å². The number of allylic oxidation sites excluding steroid dienone is 3. The summed E-state index contributed by atoms with van der Waals surface area (Å²) in [5.41, 5.74) is 3.44. The summed E-state index contributed by atoms with van der Waals surface area (Å²) < 4.78 is 39.1. The molecule has 1 saturated heterocycles. The van der Waals surface area contributed by atoms with Gasteiger partial charge in [0.1, 0.15) is 11.6 Å². The quantitative estimate of drug-likeness (QED) is 0.249. The van der Waals surface area contributed by atoms with Crippen LogP contribution in [0.2, 0.25) is 0 Å². The molecule has 0 saturated carbocycles. The zero-order chi connectivity index (χ0) is 30.2. The molecule has 3 aromatic rings. The molecule has 3 atom stereocenters. The average molecular weight is 579 g/mol. The predicted octanol–water partition coefficient (Wildman–Crippen LogP) is 5.79. The van der Waals surface area contributed by atoms with E-state index in [1.807, 2.05) is 43.3 Å². The van der Waals surface area contributed by atoms with Crippen molar-refractivity contribution in [2.45, 2.75) is 44.8 Å². The topological polar surface area (TPSA) is 102 Å². The van der Waals surface area contributed by atoms with Crippen molar-refractivity contribution in [2.24, 2.45) is 0 Å². The number of para-hydroxylation sites is 1. The molecule has 222 valence electrons. The van der Waals surface area contributed by atoms with Crippen molar-refractivity contribution in [3.05, 3.63) is 90.2 Å². The normalized spacial score (nSPS) is 19.0. The van der Waals surface area contributed by atoms with Gasteiger partial charge in [0.05, 0.1) is 30.6 Å². The number of benzene rings is 1. The van der Waals surface area contributed by atoms with Gasteiger partial charge in [-0.3, -0.25) is 5.32 Å². The van der Waals surface area contributed by atoms with E-state index in [9.17, 15) is 13.6 Å². The Morgan fingerprint density at radius 1 is 1.19 bits per heavy atom. The van der Waals surface area contributed by atoms with E-state index in [1.54, 1.807) is 31.2 Å². The third kappa shape index (κ3) is 7.29. The molecule has 0 unspecified atom stereocenters. The summed E-state index contributed by atoms with van der Waals surface area (Å²) >= 11 is 0. The Balaban J connectivity index is 1.59. The minimum Gasteiger partial charge on any atom is -0.481 e. The lowest BCUT2D eigenvalue weighted by Crippen LogP contribution is -2.46. The van der Waals surface area contributed by atoms with Gasteiger partial charge in [-0.15, -0.1) is 0 Å². The van der Waals surface area contributed by atoms with E-state index in [2.05, 4.69) is 27.5 Å². The fourth-order valence-corrected chi connectivity index (χ4v) is 4.87. The number of carbonyl (C=O) groups is 1. The SMILES string of the molecule is C=C(/C=C\C(F)=C(/C)F)[C@@H]1N[C@H](CCOC)C[C@H]1NC(=O)Nc1c(C)c(-c2ccc(OC)nc2)nn1-c1ccccc1. The number of carbonyl (C=O) groups excluding carboxylic acids is 1. The van der Waals surface area contributed by atoms with E-state index in [1.165, 1.54) is 6.08 Å². The largest absolute Gasteiger partial charge is 0.481 e.